The van der Waals surface area contributed by atoms with Crippen LogP contribution in [0.1, 0.15) is 43.3 Å². The first-order valence-corrected chi connectivity index (χ1v) is 12.0. The fourth-order valence-electron chi connectivity index (χ4n) is 3.58. The maximum Gasteiger partial charge on any atom is 0.178 e. The highest BCUT2D eigenvalue weighted by Crippen LogP contribution is 2.27. The summed E-state index contributed by atoms with van der Waals surface area (Å²) < 4.78 is 32.6. The Morgan fingerprint density at radius 1 is 1.07 bits per heavy atom. The van der Waals surface area contributed by atoms with E-state index < -0.39 is 9.84 Å². The highest BCUT2D eigenvalue weighted by atomic mass is 32.2. The highest BCUT2D eigenvalue weighted by Gasteiger charge is 2.18. The van der Waals surface area contributed by atoms with Crippen LogP contribution in [0.3, 0.4) is 0 Å². The molecule has 0 saturated heterocycles. The van der Waals surface area contributed by atoms with E-state index in [1.807, 2.05) is 26.8 Å². The summed E-state index contributed by atoms with van der Waals surface area (Å²) in [5.41, 5.74) is 9.77. The van der Waals surface area contributed by atoms with Crippen molar-refractivity contribution in [3.8, 4) is 0 Å². The number of fused-ring (bicyclic) bond motifs is 1. The molecule has 0 aliphatic rings. The van der Waals surface area contributed by atoms with Crippen LogP contribution in [-0.4, -0.2) is 35.3 Å². The van der Waals surface area contributed by atoms with Crippen molar-refractivity contribution in [2.45, 2.75) is 58.1 Å². The van der Waals surface area contributed by atoms with E-state index in [9.17, 15) is 8.42 Å². The first kappa shape index (κ1) is 22.2. The zero-order valence-corrected chi connectivity index (χ0v) is 18.7. The average Bonchev–Trinajstić information content (AvgIpc) is 3.10. The van der Waals surface area contributed by atoms with Gasteiger partial charge in [0.15, 0.2) is 15.7 Å². The molecule has 0 atom stereocenters. The number of benzene rings is 1. The van der Waals surface area contributed by atoms with Crippen LogP contribution in [0.4, 0.5) is 5.82 Å². The second kappa shape index (κ2) is 9.57. The largest absolute Gasteiger partial charge is 0.382 e. The van der Waals surface area contributed by atoms with E-state index in [0.717, 1.165) is 42.0 Å². The average molecular weight is 431 g/mol. The maximum atomic E-state index is 12.4. The molecule has 0 aliphatic carbocycles. The summed E-state index contributed by atoms with van der Waals surface area (Å²) in [6.45, 7) is 7.66. The van der Waals surface area contributed by atoms with E-state index in [4.69, 9.17) is 10.5 Å². The van der Waals surface area contributed by atoms with Crippen LogP contribution in [0.25, 0.3) is 11.0 Å². The molecule has 2 N–H and O–H groups in total. The molecule has 0 aliphatic heterocycles. The van der Waals surface area contributed by atoms with Gasteiger partial charge in [0.05, 0.1) is 16.2 Å². The van der Waals surface area contributed by atoms with Crippen molar-refractivity contribution in [1.82, 2.24) is 14.5 Å². The monoisotopic (exact) mass is 430 g/mol. The predicted octanol–water partition coefficient (Wildman–Crippen LogP) is 3.81. The standard InChI is InChI=1S/C22H30N4O3S/c1-4-29-15-19-25-20-21(16(2)17(3)24-22(20)23)26(19)13-9-6-10-14-30(27,28)18-11-7-5-8-12-18/h5,7-8,11-12H,4,6,9-10,13-15H2,1-3H3,(H2,23,24). The topological polar surface area (TPSA) is 100 Å². The molecule has 1 aromatic carbocycles. The van der Waals surface area contributed by atoms with Crippen molar-refractivity contribution < 1.29 is 13.2 Å². The van der Waals surface area contributed by atoms with Gasteiger partial charge in [-0.25, -0.2) is 18.4 Å². The Morgan fingerprint density at radius 2 is 1.80 bits per heavy atom. The number of anilines is 1. The number of pyridine rings is 1. The molecule has 7 nitrogen and oxygen atoms in total. The van der Waals surface area contributed by atoms with Crippen LogP contribution in [-0.2, 0) is 27.7 Å². The molecular formula is C22H30N4O3S. The number of nitrogens with two attached hydrogens (primary N) is 1. The van der Waals surface area contributed by atoms with Crippen molar-refractivity contribution in [1.29, 1.82) is 0 Å². The summed E-state index contributed by atoms with van der Waals surface area (Å²) in [7, 11) is -3.23. The number of hydrogen-bond donors (Lipinski definition) is 1. The molecule has 2 aromatic heterocycles. The number of sulfone groups is 1. The zero-order valence-electron chi connectivity index (χ0n) is 17.9. The molecule has 0 radical (unpaired) electrons. The Morgan fingerprint density at radius 3 is 2.50 bits per heavy atom. The molecule has 0 amide bonds. The number of rotatable bonds is 10. The highest BCUT2D eigenvalue weighted by molar-refractivity contribution is 7.91. The maximum absolute atomic E-state index is 12.4. The quantitative estimate of drug-likeness (QED) is 0.491. The lowest BCUT2D eigenvalue weighted by molar-refractivity contribution is 0.126. The molecule has 0 fully saturated rings. The third-order valence-electron chi connectivity index (χ3n) is 5.31. The van der Waals surface area contributed by atoms with E-state index >= 15 is 0 Å². The van der Waals surface area contributed by atoms with Crippen LogP contribution in [0.2, 0.25) is 0 Å². The molecular weight excluding hydrogens is 400 g/mol. The molecule has 0 bridgehead atoms. The fourth-order valence-corrected chi connectivity index (χ4v) is 4.97. The summed E-state index contributed by atoms with van der Waals surface area (Å²) >= 11 is 0. The number of aromatic nitrogens is 3. The van der Waals surface area contributed by atoms with E-state index in [1.54, 1.807) is 24.3 Å². The second-order valence-electron chi connectivity index (χ2n) is 7.41. The SMILES string of the molecule is CCOCc1nc2c(N)nc(C)c(C)c2n1CCCCCS(=O)(=O)c1ccccc1. The molecule has 3 aromatic rings. The smallest absolute Gasteiger partial charge is 0.178 e. The summed E-state index contributed by atoms with van der Waals surface area (Å²) in [5, 5.41) is 0. The number of nitrogen functional groups attached to an aromatic ring is 1. The number of imidazole rings is 1. The minimum atomic E-state index is -3.23. The lowest BCUT2D eigenvalue weighted by Gasteiger charge is -2.12. The van der Waals surface area contributed by atoms with Gasteiger partial charge in [-0.3, -0.25) is 0 Å². The van der Waals surface area contributed by atoms with Crippen LogP contribution in [0, 0.1) is 13.8 Å². The van der Waals surface area contributed by atoms with Crippen LogP contribution >= 0.6 is 0 Å². The van der Waals surface area contributed by atoms with Crippen LogP contribution in [0.15, 0.2) is 35.2 Å². The molecule has 0 unspecified atom stereocenters. The first-order chi connectivity index (χ1) is 14.3. The van der Waals surface area contributed by atoms with Gasteiger partial charge in [-0.15, -0.1) is 0 Å². The summed E-state index contributed by atoms with van der Waals surface area (Å²) in [5.74, 6) is 1.41. The third-order valence-corrected chi connectivity index (χ3v) is 7.12. The molecule has 162 valence electrons. The summed E-state index contributed by atoms with van der Waals surface area (Å²) in [6.07, 6.45) is 2.26. The molecule has 8 heteroatoms. The Balaban J connectivity index is 1.71. The van der Waals surface area contributed by atoms with Gasteiger partial charge in [-0.05, 0) is 51.3 Å². The van der Waals surface area contributed by atoms with Crippen molar-refractivity contribution in [3.05, 3.63) is 47.4 Å². The van der Waals surface area contributed by atoms with Gasteiger partial charge >= 0.3 is 0 Å². The Bertz CT molecular complexity index is 1110. The molecule has 0 saturated carbocycles. The number of hydrogen-bond acceptors (Lipinski definition) is 6. The van der Waals surface area contributed by atoms with E-state index in [1.165, 1.54) is 0 Å². The normalized spacial score (nSPS) is 12.0. The number of aryl methyl sites for hydroxylation is 3. The summed E-state index contributed by atoms with van der Waals surface area (Å²) in [4.78, 5) is 9.47. The lowest BCUT2D eigenvalue weighted by Crippen LogP contribution is -2.09. The molecule has 0 spiro atoms. The van der Waals surface area contributed by atoms with Gasteiger partial charge in [0, 0.05) is 18.8 Å². The minimum absolute atomic E-state index is 0.155. The van der Waals surface area contributed by atoms with Gasteiger partial charge < -0.3 is 15.0 Å². The second-order valence-corrected chi connectivity index (χ2v) is 9.52. The summed E-state index contributed by atoms with van der Waals surface area (Å²) in [6, 6.07) is 8.62. The van der Waals surface area contributed by atoms with Gasteiger partial charge in [0.1, 0.15) is 17.9 Å². The first-order valence-electron chi connectivity index (χ1n) is 10.3. The third kappa shape index (κ3) is 4.82. The zero-order chi connectivity index (χ0) is 21.7. The Hall–Kier alpha value is -2.45. The number of unbranched alkanes of at least 4 members (excludes halogenated alkanes) is 2. The number of nitrogens with zero attached hydrogens (tertiary/aromatic N) is 3. The minimum Gasteiger partial charge on any atom is -0.382 e. The molecule has 30 heavy (non-hydrogen) atoms. The molecule has 3 rings (SSSR count). The van der Waals surface area contributed by atoms with E-state index in [-0.39, 0.29) is 5.75 Å². The number of ether oxygens (including phenoxy) is 1. The van der Waals surface area contributed by atoms with Crippen molar-refractivity contribution in [2.24, 2.45) is 0 Å². The van der Waals surface area contributed by atoms with Gasteiger partial charge in [0.25, 0.3) is 0 Å². The Labute approximate surface area is 178 Å². The lowest BCUT2D eigenvalue weighted by atomic mass is 10.2. The van der Waals surface area contributed by atoms with Crippen LogP contribution < -0.4 is 5.73 Å². The van der Waals surface area contributed by atoms with Crippen molar-refractivity contribution >= 4 is 26.7 Å². The van der Waals surface area contributed by atoms with Crippen molar-refractivity contribution in [3.63, 3.8) is 0 Å². The van der Waals surface area contributed by atoms with E-state index in [2.05, 4.69) is 14.5 Å². The van der Waals surface area contributed by atoms with Gasteiger partial charge in [0.2, 0.25) is 0 Å². The van der Waals surface area contributed by atoms with E-state index in [0.29, 0.717) is 35.9 Å². The van der Waals surface area contributed by atoms with Gasteiger partial charge in [-0.1, -0.05) is 24.6 Å². The fraction of sp³-hybridized carbons (Fsp3) is 0.455. The Kier molecular flexibility index (Phi) is 7.10. The van der Waals surface area contributed by atoms with Crippen LogP contribution in [0.5, 0.6) is 0 Å². The predicted molar refractivity (Wildman–Crippen MR) is 119 cm³/mol. The van der Waals surface area contributed by atoms with Gasteiger partial charge in [-0.2, -0.15) is 0 Å². The molecule has 2 heterocycles. The van der Waals surface area contributed by atoms with Crippen molar-refractivity contribution in [2.75, 3.05) is 18.1 Å².